The number of ether oxygens (including phenoxy) is 1. The number of nitrogens with zero attached hydrogens (tertiary/aromatic N) is 5. The predicted octanol–water partition coefficient (Wildman–Crippen LogP) is 3.17. The summed E-state index contributed by atoms with van der Waals surface area (Å²) in [5.74, 6) is 0.690. The van der Waals surface area contributed by atoms with Gasteiger partial charge in [-0.1, -0.05) is 18.2 Å². The van der Waals surface area contributed by atoms with Gasteiger partial charge in [0.05, 0.1) is 12.9 Å². The van der Waals surface area contributed by atoms with Crippen LogP contribution in [0.1, 0.15) is 16.1 Å². The number of halogens is 3. The summed E-state index contributed by atoms with van der Waals surface area (Å²) in [6.45, 7) is 2.32. The van der Waals surface area contributed by atoms with Crippen LogP contribution >= 0.6 is 0 Å². The maximum absolute atomic E-state index is 13.3. The Kier molecular flexibility index (Phi) is 7.06. The van der Waals surface area contributed by atoms with Crippen LogP contribution < -0.4 is 10.1 Å². The van der Waals surface area contributed by atoms with Crippen LogP contribution in [0, 0.1) is 17.8 Å². The standard InChI is InChI=1S/C26H27F3N6O3/c1-33-14-22(31-16-33)25(37)35(10-17-5-4-6-18(9-17)38-26(27,28)29)13-21-19-11-34(12-20(19)21)15-24(36)32-23-7-2-3-8-30-23/h2-9,14,16,19-21H,10-13,15H2,1H3,(H,30,32,36). The molecule has 2 fully saturated rings. The van der Waals surface area contributed by atoms with Crippen molar-refractivity contribution >= 4 is 17.6 Å². The van der Waals surface area contributed by atoms with E-state index in [1.165, 1.54) is 24.5 Å². The summed E-state index contributed by atoms with van der Waals surface area (Å²) in [4.78, 5) is 37.7. The summed E-state index contributed by atoms with van der Waals surface area (Å²) < 4.78 is 43.8. The number of alkyl halides is 3. The minimum absolute atomic E-state index is 0.122. The third kappa shape index (κ3) is 6.31. The molecule has 2 amide bonds. The van der Waals surface area contributed by atoms with E-state index in [0.717, 1.165) is 13.1 Å². The quantitative estimate of drug-likeness (QED) is 0.459. The van der Waals surface area contributed by atoms with E-state index in [2.05, 4.69) is 24.9 Å². The van der Waals surface area contributed by atoms with Crippen molar-refractivity contribution in [3.05, 3.63) is 72.4 Å². The van der Waals surface area contributed by atoms with E-state index in [0.29, 0.717) is 29.8 Å². The first-order valence-corrected chi connectivity index (χ1v) is 12.2. The first-order chi connectivity index (χ1) is 18.1. The summed E-state index contributed by atoms with van der Waals surface area (Å²) in [6.07, 6.45) is -0.0338. The lowest BCUT2D eigenvalue weighted by molar-refractivity contribution is -0.274. The number of aromatic nitrogens is 3. The predicted molar refractivity (Wildman–Crippen MR) is 131 cm³/mol. The van der Waals surface area contributed by atoms with E-state index in [9.17, 15) is 22.8 Å². The van der Waals surface area contributed by atoms with Crippen LogP contribution in [0.4, 0.5) is 19.0 Å². The van der Waals surface area contributed by atoms with Crippen LogP contribution in [0.15, 0.2) is 61.2 Å². The minimum Gasteiger partial charge on any atom is -0.406 e. The van der Waals surface area contributed by atoms with Crippen molar-refractivity contribution in [1.29, 1.82) is 0 Å². The lowest BCUT2D eigenvalue weighted by Gasteiger charge is -2.25. The molecule has 3 heterocycles. The van der Waals surface area contributed by atoms with Gasteiger partial charge >= 0.3 is 6.36 Å². The molecule has 2 atom stereocenters. The highest BCUT2D eigenvalue weighted by molar-refractivity contribution is 5.92. The Morgan fingerprint density at radius 2 is 1.92 bits per heavy atom. The summed E-state index contributed by atoms with van der Waals surface area (Å²) in [6, 6.07) is 11.0. The van der Waals surface area contributed by atoms with Gasteiger partial charge in [0, 0.05) is 45.6 Å². The fraction of sp³-hybridized carbons (Fsp3) is 0.385. The lowest BCUT2D eigenvalue weighted by Crippen LogP contribution is -2.37. The second-order valence-corrected chi connectivity index (χ2v) is 9.75. The van der Waals surface area contributed by atoms with Gasteiger partial charge < -0.3 is 19.5 Å². The van der Waals surface area contributed by atoms with Crippen molar-refractivity contribution in [2.24, 2.45) is 24.8 Å². The number of pyridine rings is 1. The van der Waals surface area contributed by atoms with E-state index < -0.39 is 6.36 Å². The number of nitrogens with one attached hydrogen (secondary N) is 1. The summed E-state index contributed by atoms with van der Waals surface area (Å²) >= 11 is 0. The van der Waals surface area contributed by atoms with Crippen molar-refractivity contribution in [3.63, 3.8) is 0 Å². The van der Waals surface area contributed by atoms with Gasteiger partial charge in [0.25, 0.3) is 5.91 Å². The summed E-state index contributed by atoms with van der Waals surface area (Å²) in [5, 5.41) is 2.79. The zero-order chi connectivity index (χ0) is 26.9. The molecule has 2 aromatic heterocycles. The number of rotatable bonds is 9. The zero-order valence-corrected chi connectivity index (χ0v) is 20.6. The molecule has 0 spiro atoms. The van der Waals surface area contributed by atoms with Crippen molar-refractivity contribution in [2.75, 3.05) is 31.5 Å². The van der Waals surface area contributed by atoms with Crippen LogP contribution in [-0.4, -0.2) is 68.7 Å². The van der Waals surface area contributed by atoms with Crippen molar-refractivity contribution < 1.29 is 27.5 Å². The number of amides is 2. The van der Waals surface area contributed by atoms with Crippen LogP contribution in [0.3, 0.4) is 0 Å². The third-order valence-electron chi connectivity index (χ3n) is 6.89. The highest BCUT2D eigenvalue weighted by Crippen LogP contribution is 2.52. The van der Waals surface area contributed by atoms with Gasteiger partial charge in [-0.2, -0.15) is 0 Å². The number of anilines is 1. The molecule has 38 heavy (non-hydrogen) atoms. The van der Waals surface area contributed by atoms with Crippen molar-refractivity contribution in [2.45, 2.75) is 12.9 Å². The largest absolute Gasteiger partial charge is 0.573 e. The molecule has 5 rings (SSSR count). The van der Waals surface area contributed by atoms with Gasteiger partial charge in [-0.3, -0.25) is 14.5 Å². The molecular formula is C26H27F3N6O3. The number of likely N-dealkylation sites (tertiary alicyclic amines) is 1. The maximum atomic E-state index is 13.3. The Bertz CT molecular complexity index is 1290. The molecule has 9 nitrogen and oxygen atoms in total. The lowest BCUT2D eigenvalue weighted by atomic mass is 10.1. The second kappa shape index (κ2) is 10.4. The highest BCUT2D eigenvalue weighted by Gasteiger charge is 2.56. The number of imidazole rings is 1. The molecule has 2 unspecified atom stereocenters. The molecule has 1 aromatic carbocycles. The number of hydrogen-bond acceptors (Lipinski definition) is 6. The molecule has 1 saturated heterocycles. The van der Waals surface area contributed by atoms with Gasteiger partial charge in [-0.15, -0.1) is 13.2 Å². The van der Waals surface area contributed by atoms with Gasteiger partial charge in [0.2, 0.25) is 5.91 Å². The zero-order valence-electron chi connectivity index (χ0n) is 20.6. The molecule has 1 saturated carbocycles. The molecule has 12 heteroatoms. The topological polar surface area (TPSA) is 92.6 Å². The van der Waals surface area contributed by atoms with Crippen LogP contribution in [-0.2, 0) is 18.4 Å². The Morgan fingerprint density at radius 1 is 1.13 bits per heavy atom. The monoisotopic (exact) mass is 528 g/mol. The normalized spacial score (nSPS) is 20.6. The fourth-order valence-corrected chi connectivity index (χ4v) is 5.18. The minimum atomic E-state index is -4.80. The number of aryl methyl sites for hydroxylation is 1. The molecule has 1 aliphatic heterocycles. The first-order valence-electron chi connectivity index (χ1n) is 12.2. The number of benzene rings is 1. The SMILES string of the molecule is Cn1cnc(C(=O)N(Cc2cccc(OC(F)(F)F)c2)CC2C3CN(CC(=O)Nc4ccccn4)CC32)c1. The molecule has 0 radical (unpaired) electrons. The van der Waals surface area contributed by atoms with Crippen LogP contribution in [0.5, 0.6) is 5.75 Å². The number of carbonyl (C=O) groups excluding carboxylic acids is 2. The molecule has 0 bridgehead atoms. The summed E-state index contributed by atoms with van der Waals surface area (Å²) in [5.41, 5.74) is 0.795. The fourth-order valence-electron chi connectivity index (χ4n) is 5.18. The number of carbonyl (C=O) groups is 2. The Labute approximate surface area is 217 Å². The molecule has 1 N–H and O–H groups in total. The highest BCUT2D eigenvalue weighted by atomic mass is 19.4. The van der Waals surface area contributed by atoms with E-state index in [-0.39, 0.29) is 42.3 Å². The van der Waals surface area contributed by atoms with Gasteiger partial charge in [0.1, 0.15) is 17.3 Å². The Hall–Kier alpha value is -3.93. The third-order valence-corrected chi connectivity index (χ3v) is 6.89. The van der Waals surface area contributed by atoms with Crippen molar-refractivity contribution in [1.82, 2.24) is 24.3 Å². The number of hydrogen-bond donors (Lipinski definition) is 1. The van der Waals surface area contributed by atoms with Gasteiger partial charge in [-0.05, 0) is 47.6 Å². The van der Waals surface area contributed by atoms with Gasteiger partial charge in [0.15, 0.2) is 0 Å². The average molecular weight is 529 g/mol. The molecule has 200 valence electrons. The first kappa shape index (κ1) is 25.7. The van der Waals surface area contributed by atoms with Crippen LogP contribution in [0.25, 0.3) is 0 Å². The Morgan fingerprint density at radius 3 is 2.58 bits per heavy atom. The maximum Gasteiger partial charge on any atom is 0.573 e. The van der Waals surface area contributed by atoms with Gasteiger partial charge in [-0.25, -0.2) is 9.97 Å². The van der Waals surface area contributed by atoms with E-state index in [4.69, 9.17) is 0 Å². The molecule has 2 aliphatic rings. The smallest absolute Gasteiger partial charge is 0.406 e. The van der Waals surface area contributed by atoms with E-state index in [1.54, 1.807) is 53.2 Å². The Balaban J connectivity index is 1.21. The van der Waals surface area contributed by atoms with Crippen molar-refractivity contribution in [3.8, 4) is 5.75 Å². The number of piperidine rings is 1. The van der Waals surface area contributed by atoms with E-state index >= 15 is 0 Å². The molecule has 3 aromatic rings. The summed E-state index contributed by atoms with van der Waals surface area (Å²) in [7, 11) is 1.76. The molecular weight excluding hydrogens is 501 g/mol. The average Bonchev–Trinajstić information content (AvgIpc) is 3.16. The van der Waals surface area contributed by atoms with E-state index in [1.807, 2.05) is 0 Å². The molecule has 1 aliphatic carbocycles. The van der Waals surface area contributed by atoms with Crippen LogP contribution in [0.2, 0.25) is 0 Å². The number of fused-ring (bicyclic) bond motifs is 1. The second-order valence-electron chi connectivity index (χ2n) is 9.75.